The van der Waals surface area contributed by atoms with E-state index in [2.05, 4.69) is 12.2 Å². The van der Waals surface area contributed by atoms with Crippen LogP contribution in [0.25, 0.3) is 0 Å². The molecule has 2 N–H and O–H groups in total. The molecular formula is C16H33NO. The Morgan fingerprint density at radius 1 is 1.11 bits per heavy atom. The molecule has 0 radical (unpaired) electrons. The summed E-state index contributed by atoms with van der Waals surface area (Å²) in [6.07, 6.45) is 10.8. The molecule has 1 spiro atoms. The van der Waals surface area contributed by atoms with Crippen LogP contribution in [0.5, 0.6) is 0 Å². The van der Waals surface area contributed by atoms with Gasteiger partial charge in [0.1, 0.15) is 0 Å². The summed E-state index contributed by atoms with van der Waals surface area (Å²) >= 11 is 0. The topological polar surface area (TPSA) is 32.3 Å². The van der Waals surface area contributed by atoms with Crippen LogP contribution in [0.15, 0.2) is 0 Å². The third kappa shape index (κ3) is 4.55. The Balaban J connectivity index is 0.000000195. The van der Waals surface area contributed by atoms with Crippen molar-refractivity contribution in [1.29, 1.82) is 0 Å². The maximum absolute atomic E-state index is 8.45. The summed E-state index contributed by atoms with van der Waals surface area (Å²) in [5.74, 6) is 1.08. The molecule has 0 bridgehead atoms. The van der Waals surface area contributed by atoms with E-state index in [9.17, 15) is 0 Å². The molecule has 1 saturated heterocycles. The molecule has 1 aliphatic heterocycles. The molecule has 0 aromatic carbocycles. The highest BCUT2D eigenvalue weighted by Gasteiger charge is 2.43. The maximum atomic E-state index is 8.45. The van der Waals surface area contributed by atoms with Crippen molar-refractivity contribution in [1.82, 2.24) is 5.32 Å². The third-order valence-corrected chi connectivity index (χ3v) is 4.76. The third-order valence-electron chi connectivity index (χ3n) is 4.76. The molecule has 0 aromatic heterocycles. The van der Waals surface area contributed by atoms with E-state index < -0.39 is 0 Å². The zero-order valence-electron chi connectivity index (χ0n) is 12.7. The molecule has 2 nitrogen and oxygen atoms in total. The molecule has 2 saturated carbocycles. The van der Waals surface area contributed by atoms with Crippen LogP contribution in [0.2, 0.25) is 0 Å². The second-order valence-electron chi connectivity index (χ2n) is 6.02. The Kier molecular flexibility index (Phi) is 7.25. The van der Waals surface area contributed by atoms with Crippen LogP contribution in [0.3, 0.4) is 0 Å². The summed E-state index contributed by atoms with van der Waals surface area (Å²) in [5.41, 5.74) is 0.811. The van der Waals surface area contributed by atoms with Crippen molar-refractivity contribution >= 4 is 0 Å². The van der Waals surface area contributed by atoms with E-state index in [1.807, 2.05) is 13.8 Å². The molecule has 3 fully saturated rings. The minimum atomic E-state index is 0.0648. The number of hydrogen-bond donors (Lipinski definition) is 2. The van der Waals surface area contributed by atoms with Crippen LogP contribution in [0.1, 0.15) is 72.1 Å². The minimum Gasteiger partial charge on any atom is -0.393 e. The van der Waals surface area contributed by atoms with Gasteiger partial charge in [0.25, 0.3) is 0 Å². The molecule has 0 aromatic rings. The van der Waals surface area contributed by atoms with E-state index in [0.717, 1.165) is 24.2 Å². The second-order valence-corrected chi connectivity index (χ2v) is 6.02. The Bertz CT molecular complexity index is 199. The number of rotatable bonds is 1. The first kappa shape index (κ1) is 16.0. The summed E-state index contributed by atoms with van der Waals surface area (Å²) in [7, 11) is 0. The Morgan fingerprint density at radius 2 is 1.61 bits per heavy atom. The van der Waals surface area contributed by atoms with Gasteiger partial charge in [-0.3, -0.25) is 0 Å². The maximum Gasteiger partial charge on any atom is 0.0540 e. The summed E-state index contributed by atoms with van der Waals surface area (Å²) in [6, 6.07) is 0. The summed E-state index contributed by atoms with van der Waals surface area (Å²) in [6.45, 7) is 8.88. The van der Waals surface area contributed by atoms with Crippen LogP contribution in [-0.2, 0) is 0 Å². The van der Waals surface area contributed by atoms with E-state index in [4.69, 9.17) is 5.11 Å². The van der Waals surface area contributed by atoms with Crippen molar-refractivity contribution in [2.75, 3.05) is 13.1 Å². The van der Waals surface area contributed by atoms with Crippen molar-refractivity contribution in [2.45, 2.75) is 78.2 Å². The van der Waals surface area contributed by atoms with Gasteiger partial charge in [-0.1, -0.05) is 27.2 Å². The quantitative estimate of drug-likeness (QED) is 0.748. The van der Waals surface area contributed by atoms with Crippen molar-refractivity contribution in [3.05, 3.63) is 0 Å². The fourth-order valence-electron chi connectivity index (χ4n) is 3.21. The first-order valence-electron chi connectivity index (χ1n) is 8.13. The van der Waals surface area contributed by atoms with Crippen molar-refractivity contribution in [3.63, 3.8) is 0 Å². The minimum absolute atomic E-state index is 0.0648. The molecule has 3 aliphatic rings. The fourth-order valence-corrected chi connectivity index (χ4v) is 3.21. The second kappa shape index (κ2) is 8.16. The molecule has 3 rings (SSSR count). The van der Waals surface area contributed by atoms with Gasteiger partial charge in [0.2, 0.25) is 0 Å². The van der Waals surface area contributed by atoms with Crippen molar-refractivity contribution < 1.29 is 5.11 Å². The van der Waals surface area contributed by atoms with Crippen LogP contribution in [-0.4, -0.2) is 24.3 Å². The predicted molar refractivity (Wildman–Crippen MR) is 78.8 cm³/mol. The highest BCUT2D eigenvalue weighted by molar-refractivity contribution is 4.95. The van der Waals surface area contributed by atoms with Crippen LogP contribution in [0, 0.1) is 11.3 Å². The molecule has 2 aliphatic carbocycles. The SMILES string of the molecule is CC.CCC1CC2(CCNCC2)C1.OC1CCC1. The van der Waals surface area contributed by atoms with Gasteiger partial charge >= 0.3 is 0 Å². The summed E-state index contributed by atoms with van der Waals surface area (Å²) in [4.78, 5) is 0. The number of hydrogen-bond acceptors (Lipinski definition) is 2. The average molecular weight is 255 g/mol. The Hall–Kier alpha value is -0.0800. The van der Waals surface area contributed by atoms with Crippen LogP contribution in [0.4, 0.5) is 0 Å². The van der Waals surface area contributed by atoms with Gasteiger partial charge < -0.3 is 10.4 Å². The van der Waals surface area contributed by atoms with Crippen molar-refractivity contribution in [3.8, 4) is 0 Å². The zero-order chi connectivity index (χ0) is 13.4. The van der Waals surface area contributed by atoms with Gasteiger partial charge in [-0.2, -0.15) is 0 Å². The van der Waals surface area contributed by atoms with E-state index in [1.165, 1.54) is 51.6 Å². The summed E-state index contributed by atoms with van der Waals surface area (Å²) in [5, 5.41) is 11.9. The molecule has 1 heterocycles. The van der Waals surface area contributed by atoms with Gasteiger partial charge in [-0.05, 0) is 69.4 Å². The van der Waals surface area contributed by atoms with Crippen LogP contribution >= 0.6 is 0 Å². The predicted octanol–water partition coefficient (Wildman–Crippen LogP) is 3.73. The lowest BCUT2D eigenvalue weighted by Crippen LogP contribution is -2.45. The monoisotopic (exact) mass is 255 g/mol. The average Bonchev–Trinajstić information content (AvgIpc) is 2.37. The summed E-state index contributed by atoms with van der Waals surface area (Å²) < 4.78 is 0. The van der Waals surface area contributed by atoms with E-state index in [0.29, 0.717) is 0 Å². The number of aliphatic hydroxyl groups is 1. The largest absolute Gasteiger partial charge is 0.393 e. The Morgan fingerprint density at radius 3 is 1.94 bits per heavy atom. The first-order valence-corrected chi connectivity index (χ1v) is 8.13. The standard InChI is InChI=1S/C10H19N.C4H8O.C2H6/c1-2-9-7-10(8-9)3-5-11-6-4-10;5-4-2-1-3-4;1-2/h9,11H,2-8H2,1H3;4-5H,1-3H2;1-2H3. The van der Waals surface area contributed by atoms with Gasteiger partial charge in [-0.15, -0.1) is 0 Å². The van der Waals surface area contributed by atoms with Crippen molar-refractivity contribution in [2.24, 2.45) is 11.3 Å². The lowest BCUT2D eigenvalue weighted by molar-refractivity contribution is 0.0200. The first-order chi connectivity index (χ1) is 8.74. The lowest BCUT2D eigenvalue weighted by atomic mass is 9.57. The van der Waals surface area contributed by atoms with E-state index in [1.54, 1.807) is 0 Å². The Labute approximate surface area is 114 Å². The molecule has 0 unspecified atom stereocenters. The van der Waals surface area contributed by atoms with Gasteiger partial charge in [-0.25, -0.2) is 0 Å². The van der Waals surface area contributed by atoms with E-state index >= 15 is 0 Å². The molecule has 2 heteroatoms. The number of piperidine rings is 1. The zero-order valence-corrected chi connectivity index (χ0v) is 12.7. The van der Waals surface area contributed by atoms with Gasteiger partial charge in [0, 0.05) is 0 Å². The highest BCUT2D eigenvalue weighted by atomic mass is 16.3. The van der Waals surface area contributed by atoms with Gasteiger partial charge in [0.05, 0.1) is 6.10 Å². The molecular weight excluding hydrogens is 222 g/mol. The van der Waals surface area contributed by atoms with E-state index in [-0.39, 0.29) is 6.10 Å². The number of aliphatic hydroxyl groups excluding tert-OH is 1. The molecule has 0 atom stereocenters. The lowest BCUT2D eigenvalue weighted by Gasteiger charge is -2.50. The normalized spacial score (nSPS) is 26.0. The number of nitrogens with one attached hydrogen (secondary N) is 1. The molecule has 18 heavy (non-hydrogen) atoms. The fraction of sp³-hybridized carbons (Fsp3) is 1.00. The molecule has 0 amide bonds. The molecule has 108 valence electrons. The highest BCUT2D eigenvalue weighted by Crippen LogP contribution is 2.52. The van der Waals surface area contributed by atoms with Gasteiger partial charge in [0.15, 0.2) is 0 Å². The van der Waals surface area contributed by atoms with Crippen LogP contribution < -0.4 is 5.32 Å². The smallest absolute Gasteiger partial charge is 0.0540 e.